The van der Waals surface area contributed by atoms with Crippen molar-refractivity contribution in [3.63, 3.8) is 0 Å². The summed E-state index contributed by atoms with van der Waals surface area (Å²) in [6.45, 7) is 7.47. The highest BCUT2D eigenvalue weighted by molar-refractivity contribution is 5.87. The van der Waals surface area contributed by atoms with E-state index in [-0.39, 0.29) is 23.4 Å². The number of esters is 1. The summed E-state index contributed by atoms with van der Waals surface area (Å²) in [5, 5.41) is 20.7. The molecule has 4 aliphatic carbocycles. The van der Waals surface area contributed by atoms with Gasteiger partial charge >= 0.3 is 5.97 Å². The van der Waals surface area contributed by atoms with E-state index in [0.29, 0.717) is 24.8 Å². The molecule has 4 atom stereocenters. The Hall–Kier alpha value is -0.870. The van der Waals surface area contributed by atoms with E-state index in [0.717, 1.165) is 19.3 Å². The van der Waals surface area contributed by atoms with E-state index >= 15 is 0 Å². The Bertz CT molecular complexity index is 463. The van der Waals surface area contributed by atoms with Gasteiger partial charge in [0.25, 0.3) is 0 Å². The van der Waals surface area contributed by atoms with Gasteiger partial charge in [-0.25, -0.2) is 4.79 Å². The molecule has 0 aromatic heterocycles. The van der Waals surface area contributed by atoms with Crippen LogP contribution >= 0.6 is 0 Å². The summed E-state index contributed by atoms with van der Waals surface area (Å²) in [6, 6.07) is 0. The lowest BCUT2D eigenvalue weighted by molar-refractivity contribution is -0.268. The summed E-state index contributed by atoms with van der Waals surface area (Å²) in [5.74, 6) is -0.382. The summed E-state index contributed by atoms with van der Waals surface area (Å²) in [4.78, 5) is 12.0. The van der Waals surface area contributed by atoms with Crippen molar-refractivity contribution in [1.82, 2.24) is 0 Å². The Kier molecular flexibility index (Phi) is 2.72. The second-order valence-electron chi connectivity index (χ2n) is 8.11. The summed E-state index contributed by atoms with van der Waals surface area (Å²) >= 11 is 0. The predicted octanol–water partition coefficient (Wildman–Crippen LogP) is 1.94. The molecule has 0 spiro atoms. The Morgan fingerprint density at radius 2 is 1.90 bits per heavy atom. The smallest absolute Gasteiger partial charge is 0.333 e. The van der Waals surface area contributed by atoms with Gasteiger partial charge in [0.1, 0.15) is 5.60 Å². The van der Waals surface area contributed by atoms with Crippen LogP contribution in [0.5, 0.6) is 0 Å². The quantitative estimate of drug-likeness (QED) is 0.612. The first-order chi connectivity index (χ1) is 9.13. The first-order valence-electron chi connectivity index (χ1n) is 7.35. The second-order valence-corrected chi connectivity index (χ2v) is 8.11. The molecule has 0 saturated heterocycles. The van der Waals surface area contributed by atoms with Gasteiger partial charge in [0.15, 0.2) is 0 Å². The zero-order valence-electron chi connectivity index (χ0n) is 12.4. The summed E-state index contributed by atoms with van der Waals surface area (Å²) in [7, 11) is 0. The van der Waals surface area contributed by atoms with Gasteiger partial charge in [-0.05, 0) is 44.4 Å². The highest BCUT2D eigenvalue weighted by atomic mass is 16.6. The molecule has 4 aliphatic rings. The predicted molar refractivity (Wildman–Crippen MR) is 73.9 cm³/mol. The molecular weight excluding hydrogens is 256 g/mol. The summed E-state index contributed by atoms with van der Waals surface area (Å²) < 4.78 is 5.76. The average molecular weight is 280 g/mol. The van der Waals surface area contributed by atoms with E-state index in [4.69, 9.17) is 4.74 Å². The molecular formula is C16H24O4. The number of aliphatic hydroxyl groups excluding tert-OH is 1. The molecule has 4 nitrogen and oxygen atoms in total. The van der Waals surface area contributed by atoms with Crippen LogP contribution in [0.25, 0.3) is 0 Å². The Morgan fingerprint density at radius 3 is 2.45 bits per heavy atom. The molecule has 4 bridgehead atoms. The number of aliphatic hydroxyl groups is 2. The third kappa shape index (κ3) is 2.01. The molecule has 2 N–H and O–H groups in total. The minimum atomic E-state index is -0.804. The molecule has 0 amide bonds. The molecule has 112 valence electrons. The Morgan fingerprint density at radius 1 is 1.20 bits per heavy atom. The van der Waals surface area contributed by atoms with Crippen LogP contribution in [0.4, 0.5) is 0 Å². The molecule has 20 heavy (non-hydrogen) atoms. The van der Waals surface area contributed by atoms with E-state index in [2.05, 4.69) is 13.5 Å². The van der Waals surface area contributed by atoms with E-state index in [1.54, 1.807) is 6.92 Å². The third-order valence-electron chi connectivity index (χ3n) is 5.35. The van der Waals surface area contributed by atoms with Crippen LogP contribution in [0.2, 0.25) is 0 Å². The van der Waals surface area contributed by atoms with Crippen molar-refractivity contribution < 1.29 is 19.7 Å². The maximum Gasteiger partial charge on any atom is 0.333 e. The fourth-order valence-corrected chi connectivity index (χ4v) is 5.77. The first-order valence-corrected chi connectivity index (χ1v) is 7.35. The topological polar surface area (TPSA) is 66.8 Å². The monoisotopic (exact) mass is 280 g/mol. The van der Waals surface area contributed by atoms with Gasteiger partial charge in [-0.3, -0.25) is 0 Å². The van der Waals surface area contributed by atoms with Crippen molar-refractivity contribution >= 4 is 5.97 Å². The van der Waals surface area contributed by atoms with Crippen LogP contribution in [-0.2, 0) is 9.53 Å². The largest absolute Gasteiger partial charge is 0.456 e. The number of hydrogen-bond acceptors (Lipinski definition) is 4. The molecule has 4 heteroatoms. The molecule has 0 aromatic rings. The molecule has 0 aliphatic heterocycles. The molecule has 0 heterocycles. The van der Waals surface area contributed by atoms with Gasteiger partial charge in [-0.1, -0.05) is 13.5 Å². The zero-order valence-corrected chi connectivity index (χ0v) is 12.4. The summed E-state index contributed by atoms with van der Waals surface area (Å²) in [6.07, 6.45) is 4.21. The zero-order chi connectivity index (χ0) is 14.8. The number of ether oxygens (including phenoxy) is 1. The standard InChI is InChI=1S/C16H24O4/c1-11(2)12(18)20-16-6-13(3)4-14(8-16,10-17)7-15(19,5-13)9-16/h17,19H,1,4-10H2,2-3H3. The van der Waals surface area contributed by atoms with E-state index in [9.17, 15) is 15.0 Å². The SMILES string of the molecule is C=C(C)C(=O)OC12CC3(C)CC(O)(CC(CO)(C3)C1)C2. The Balaban J connectivity index is 1.97. The van der Waals surface area contributed by atoms with Gasteiger partial charge in [0.05, 0.1) is 5.60 Å². The lowest BCUT2D eigenvalue weighted by Gasteiger charge is -2.67. The average Bonchev–Trinajstić information content (AvgIpc) is 2.23. The highest BCUT2D eigenvalue weighted by Crippen LogP contribution is 2.68. The number of carbonyl (C=O) groups is 1. The van der Waals surface area contributed by atoms with E-state index in [1.165, 1.54) is 0 Å². The minimum absolute atomic E-state index is 0.0528. The van der Waals surface area contributed by atoms with Crippen LogP contribution < -0.4 is 0 Å². The molecule has 4 saturated carbocycles. The lowest BCUT2D eigenvalue weighted by Crippen LogP contribution is -2.68. The van der Waals surface area contributed by atoms with Gasteiger partial charge in [0.2, 0.25) is 0 Å². The highest BCUT2D eigenvalue weighted by Gasteiger charge is 2.68. The van der Waals surface area contributed by atoms with E-state index < -0.39 is 11.2 Å². The lowest BCUT2D eigenvalue weighted by atomic mass is 9.42. The second kappa shape index (κ2) is 3.86. The maximum absolute atomic E-state index is 12.0. The van der Waals surface area contributed by atoms with Gasteiger partial charge in [0, 0.05) is 24.0 Å². The van der Waals surface area contributed by atoms with Crippen LogP contribution in [0.15, 0.2) is 12.2 Å². The van der Waals surface area contributed by atoms with Gasteiger partial charge in [-0.15, -0.1) is 0 Å². The van der Waals surface area contributed by atoms with Crippen molar-refractivity contribution in [1.29, 1.82) is 0 Å². The summed E-state index contributed by atoms with van der Waals surface area (Å²) in [5.41, 5.74) is -1.40. The van der Waals surface area contributed by atoms with E-state index in [1.807, 2.05) is 0 Å². The van der Waals surface area contributed by atoms with Crippen LogP contribution in [-0.4, -0.2) is 34.0 Å². The van der Waals surface area contributed by atoms with Crippen molar-refractivity contribution in [3.8, 4) is 0 Å². The van der Waals surface area contributed by atoms with Gasteiger partial charge < -0.3 is 14.9 Å². The molecule has 4 fully saturated rings. The number of hydrogen-bond donors (Lipinski definition) is 2. The fourth-order valence-electron chi connectivity index (χ4n) is 5.77. The van der Waals surface area contributed by atoms with Crippen molar-refractivity contribution in [2.24, 2.45) is 10.8 Å². The van der Waals surface area contributed by atoms with Crippen molar-refractivity contribution in [2.45, 2.75) is 63.6 Å². The third-order valence-corrected chi connectivity index (χ3v) is 5.35. The maximum atomic E-state index is 12.0. The normalized spacial score (nSPS) is 49.2. The van der Waals surface area contributed by atoms with Crippen LogP contribution in [0.1, 0.15) is 52.4 Å². The molecule has 4 rings (SSSR count). The molecule has 0 radical (unpaired) electrons. The molecule has 4 unspecified atom stereocenters. The van der Waals surface area contributed by atoms with Crippen molar-refractivity contribution in [3.05, 3.63) is 12.2 Å². The Labute approximate surface area is 119 Å². The fraction of sp³-hybridized carbons (Fsp3) is 0.812. The van der Waals surface area contributed by atoms with Crippen LogP contribution in [0.3, 0.4) is 0 Å². The van der Waals surface area contributed by atoms with Gasteiger partial charge in [-0.2, -0.15) is 0 Å². The van der Waals surface area contributed by atoms with Crippen LogP contribution in [0, 0.1) is 10.8 Å². The number of carbonyl (C=O) groups excluding carboxylic acids is 1. The first kappa shape index (κ1) is 14.1. The minimum Gasteiger partial charge on any atom is -0.456 e. The van der Waals surface area contributed by atoms with Crippen molar-refractivity contribution in [2.75, 3.05) is 6.61 Å². The molecule has 0 aromatic carbocycles. The number of rotatable bonds is 3.